The fourth-order valence-electron chi connectivity index (χ4n) is 2.42. The first-order chi connectivity index (χ1) is 11.6. The molecule has 0 aliphatic carbocycles. The van der Waals surface area contributed by atoms with E-state index in [0.29, 0.717) is 11.3 Å². The van der Waals surface area contributed by atoms with Crippen molar-refractivity contribution in [2.75, 3.05) is 5.32 Å². The van der Waals surface area contributed by atoms with Gasteiger partial charge in [0, 0.05) is 29.1 Å². The first-order valence-electron chi connectivity index (χ1n) is 7.21. The molecule has 0 fully saturated rings. The van der Waals surface area contributed by atoms with Crippen LogP contribution in [0, 0.1) is 17.0 Å². The van der Waals surface area contributed by atoms with Gasteiger partial charge in [0.05, 0.1) is 10.6 Å². The summed E-state index contributed by atoms with van der Waals surface area (Å²) in [4.78, 5) is 22.8. The average Bonchev–Trinajstić information content (AvgIpc) is 3.10. The number of anilines is 1. The highest BCUT2D eigenvalue weighted by molar-refractivity contribution is 6.05. The average molecular weight is 322 g/mol. The van der Waals surface area contributed by atoms with Gasteiger partial charge >= 0.3 is 0 Å². The highest BCUT2D eigenvalue weighted by Gasteiger charge is 2.17. The van der Waals surface area contributed by atoms with Gasteiger partial charge in [-0.1, -0.05) is 18.2 Å². The molecular weight excluding hydrogens is 308 g/mol. The number of nitrogens with zero attached hydrogens (tertiary/aromatic N) is 2. The Kier molecular flexibility index (Phi) is 4.07. The normalized spacial score (nSPS) is 10.4. The number of carbonyl (C=O) groups is 1. The summed E-state index contributed by atoms with van der Waals surface area (Å²) in [6.07, 6.45) is 1.66. The maximum absolute atomic E-state index is 12.4. The molecule has 1 aromatic heterocycles. The lowest BCUT2D eigenvalue weighted by Crippen LogP contribution is -2.14. The van der Waals surface area contributed by atoms with Crippen molar-refractivity contribution in [3.8, 4) is 11.3 Å². The molecule has 0 aliphatic rings. The van der Waals surface area contributed by atoms with Gasteiger partial charge in [0.2, 0.25) is 0 Å². The predicted octanol–water partition coefficient (Wildman–Crippen LogP) is 3.55. The first kappa shape index (κ1) is 15.4. The minimum absolute atomic E-state index is 0.0720. The summed E-state index contributed by atoms with van der Waals surface area (Å²) in [5.74, 6) is -0.384. The van der Waals surface area contributed by atoms with Crippen molar-refractivity contribution in [3.05, 3.63) is 76.0 Å². The fraction of sp³-hybridized carbons (Fsp3) is 0.0588. The molecule has 0 saturated heterocycles. The monoisotopic (exact) mass is 322 g/mol. The molecule has 1 heterocycles. The molecule has 0 radical (unpaired) electrons. The second kappa shape index (κ2) is 6.33. The quantitative estimate of drug-likeness (QED) is 0.566. The van der Waals surface area contributed by atoms with Crippen molar-refractivity contribution >= 4 is 17.3 Å². The number of nitrogens with one attached hydrogen (secondary N) is 2. The Balaban J connectivity index is 1.80. The number of benzene rings is 2. The van der Waals surface area contributed by atoms with Gasteiger partial charge in [-0.05, 0) is 36.8 Å². The Labute approximate surface area is 137 Å². The third-order valence-corrected chi connectivity index (χ3v) is 3.70. The number of hydrogen-bond donors (Lipinski definition) is 2. The lowest BCUT2D eigenvalue weighted by molar-refractivity contribution is -0.385. The van der Waals surface area contributed by atoms with Gasteiger partial charge in [-0.2, -0.15) is 5.10 Å². The molecule has 0 spiro atoms. The Hall–Kier alpha value is -3.48. The standard InChI is InChI=1S/C17H14N4O3/c1-11-14(3-2-4-16(11)21(23)24)17(22)19-13-7-5-12(6-8-13)15-9-10-18-20-15/h2-10H,1H3,(H,18,20)(H,19,22). The molecule has 2 aromatic carbocycles. The van der Waals surface area contributed by atoms with E-state index in [2.05, 4.69) is 15.5 Å². The molecule has 0 atom stereocenters. The summed E-state index contributed by atoms with van der Waals surface area (Å²) in [5.41, 5.74) is 2.97. The van der Waals surface area contributed by atoms with Crippen LogP contribution in [-0.2, 0) is 0 Å². The van der Waals surface area contributed by atoms with Crippen LogP contribution in [-0.4, -0.2) is 21.0 Å². The topological polar surface area (TPSA) is 101 Å². The van der Waals surface area contributed by atoms with Gasteiger partial charge in [0.1, 0.15) is 0 Å². The third-order valence-electron chi connectivity index (χ3n) is 3.70. The largest absolute Gasteiger partial charge is 0.322 e. The van der Waals surface area contributed by atoms with E-state index < -0.39 is 4.92 Å². The number of aromatic nitrogens is 2. The molecule has 3 aromatic rings. The summed E-state index contributed by atoms with van der Waals surface area (Å²) in [7, 11) is 0. The van der Waals surface area contributed by atoms with Gasteiger partial charge in [-0.15, -0.1) is 0 Å². The Bertz CT molecular complexity index is 887. The van der Waals surface area contributed by atoms with Gasteiger partial charge in [-0.25, -0.2) is 0 Å². The van der Waals surface area contributed by atoms with E-state index in [-0.39, 0.29) is 17.2 Å². The molecule has 7 heteroatoms. The minimum Gasteiger partial charge on any atom is -0.322 e. The molecule has 24 heavy (non-hydrogen) atoms. The summed E-state index contributed by atoms with van der Waals surface area (Å²) in [6, 6.07) is 13.5. The summed E-state index contributed by atoms with van der Waals surface area (Å²) >= 11 is 0. The third kappa shape index (κ3) is 3.00. The smallest absolute Gasteiger partial charge is 0.273 e. The van der Waals surface area contributed by atoms with Crippen LogP contribution in [0.1, 0.15) is 15.9 Å². The minimum atomic E-state index is -0.495. The Morgan fingerprint density at radius 1 is 1.17 bits per heavy atom. The maximum atomic E-state index is 12.4. The predicted molar refractivity (Wildman–Crippen MR) is 89.8 cm³/mol. The number of rotatable bonds is 4. The van der Waals surface area contributed by atoms with Gasteiger partial charge < -0.3 is 5.32 Å². The molecule has 120 valence electrons. The molecule has 0 bridgehead atoms. The summed E-state index contributed by atoms with van der Waals surface area (Å²) in [6.45, 7) is 1.56. The fourth-order valence-corrected chi connectivity index (χ4v) is 2.42. The lowest BCUT2D eigenvalue weighted by atomic mass is 10.1. The van der Waals surface area contributed by atoms with Crippen LogP contribution < -0.4 is 5.32 Å². The SMILES string of the molecule is Cc1c(C(=O)Nc2ccc(-c3ccn[nH]3)cc2)cccc1[N+](=O)[O-]. The summed E-state index contributed by atoms with van der Waals surface area (Å²) in [5, 5.41) is 20.5. The van der Waals surface area contributed by atoms with Gasteiger partial charge in [-0.3, -0.25) is 20.0 Å². The van der Waals surface area contributed by atoms with E-state index in [0.717, 1.165) is 11.3 Å². The van der Waals surface area contributed by atoms with Crippen LogP contribution in [0.2, 0.25) is 0 Å². The molecule has 3 rings (SSSR count). The Morgan fingerprint density at radius 2 is 1.92 bits per heavy atom. The van der Waals surface area contributed by atoms with Crippen molar-refractivity contribution in [2.24, 2.45) is 0 Å². The molecule has 0 unspecified atom stereocenters. The zero-order chi connectivity index (χ0) is 17.1. The molecule has 0 saturated carbocycles. The van der Waals surface area contributed by atoms with Crippen molar-refractivity contribution < 1.29 is 9.72 Å². The van der Waals surface area contributed by atoms with Crippen molar-refractivity contribution in [3.63, 3.8) is 0 Å². The van der Waals surface area contributed by atoms with E-state index >= 15 is 0 Å². The zero-order valence-electron chi connectivity index (χ0n) is 12.8. The molecule has 1 amide bonds. The number of hydrogen-bond acceptors (Lipinski definition) is 4. The Morgan fingerprint density at radius 3 is 2.54 bits per heavy atom. The lowest BCUT2D eigenvalue weighted by Gasteiger charge is -2.08. The highest BCUT2D eigenvalue weighted by atomic mass is 16.6. The van der Waals surface area contributed by atoms with E-state index in [4.69, 9.17) is 0 Å². The van der Waals surface area contributed by atoms with Crippen molar-refractivity contribution in [1.82, 2.24) is 10.2 Å². The molecule has 2 N–H and O–H groups in total. The number of H-pyrrole nitrogens is 1. The second-order valence-electron chi connectivity index (χ2n) is 5.21. The highest BCUT2D eigenvalue weighted by Crippen LogP contribution is 2.23. The van der Waals surface area contributed by atoms with Crippen molar-refractivity contribution in [1.29, 1.82) is 0 Å². The maximum Gasteiger partial charge on any atom is 0.273 e. The van der Waals surface area contributed by atoms with Crippen LogP contribution in [0.4, 0.5) is 11.4 Å². The second-order valence-corrected chi connectivity index (χ2v) is 5.21. The van der Waals surface area contributed by atoms with Gasteiger partial charge in [0.25, 0.3) is 11.6 Å². The summed E-state index contributed by atoms with van der Waals surface area (Å²) < 4.78 is 0. The number of amides is 1. The number of carbonyl (C=O) groups excluding carboxylic acids is 1. The van der Waals surface area contributed by atoms with E-state index in [1.165, 1.54) is 12.1 Å². The van der Waals surface area contributed by atoms with Crippen LogP contribution in [0.25, 0.3) is 11.3 Å². The van der Waals surface area contributed by atoms with Crippen molar-refractivity contribution in [2.45, 2.75) is 6.92 Å². The van der Waals surface area contributed by atoms with Crippen LogP contribution in [0.5, 0.6) is 0 Å². The molecule has 0 aliphatic heterocycles. The molecular formula is C17H14N4O3. The molecule has 7 nitrogen and oxygen atoms in total. The van der Waals surface area contributed by atoms with Crippen LogP contribution in [0.15, 0.2) is 54.7 Å². The van der Waals surface area contributed by atoms with E-state index in [9.17, 15) is 14.9 Å². The number of nitro groups is 1. The number of aromatic amines is 1. The van der Waals surface area contributed by atoms with Crippen LogP contribution >= 0.6 is 0 Å². The first-order valence-corrected chi connectivity index (χ1v) is 7.21. The van der Waals surface area contributed by atoms with E-state index in [1.54, 1.807) is 31.3 Å². The number of nitro benzene ring substituents is 1. The zero-order valence-corrected chi connectivity index (χ0v) is 12.8. The van der Waals surface area contributed by atoms with Crippen LogP contribution in [0.3, 0.4) is 0 Å². The van der Waals surface area contributed by atoms with E-state index in [1.807, 2.05) is 18.2 Å². The van der Waals surface area contributed by atoms with Gasteiger partial charge in [0.15, 0.2) is 0 Å².